The zero-order valence-corrected chi connectivity index (χ0v) is 8.69. The molecule has 0 unspecified atom stereocenters. The molecule has 1 aliphatic carbocycles. The van der Waals surface area contributed by atoms with E-state index in [0.29, 0.717) is 5.56 Å². The third kappa shape index (κ3) is 2.15. The van der Waals surface area contributed by atoms with Crippen molar-refractivity contribution in [2.75, 3.05) is 0 Å². The molecule has 1 aliphatic rings. The first-order valence-electron chi connectivity index (χ1n) is 5.28. The fourth-order valence-electron chi connectivity index (χ4n) is 2.04. The maximum Gasteiger partial charge on any atom is 0.303 e. The molecule has 1 saturated carbocycles. The van der Waals surface area contributed by atoms with Gasteiger partial charge >= 0.3 is 5.97 Å². The Balaban J connectivity index is 2.30. The van der Waals surface area contributed by atoms with Crippen LogP contribution < -0.4 is 0 Å². The topological polar surface area (TPSA) is 57.5 Å². The summed E-state index contributed by atoms with van der Waals surface area (Å²) in [5.74, 6) is -2.09. The van der Waals surface area contributed by atoms with Gasteiger partial charge in [0.05, 0.1) is 6.42 Å². The maximum absolute atomic E-state index is 13.6. The summed E-state index contributed by atoms with van der Waals surface area (Å²) in [4.78, 5) is 10.7. The van der Waals surface area contributed by atoms with Gasteiger partial charge in [-0.1, -0.05) is 12.1 Å². The minimum atomic E-state index is -0.931. The highest BCUT2D eigenvalue weighted by Crippen LogP contribution is 2.45. The molecule has 0 amide bonds. The number of aromatic hydroxyl groups is 1. The van der Waals surface area contributed by atoms with Gasteiger partial charge < -0.3 is 10.2 Å². The van der Waals surface area contributed by atoms with Crippen molar-refractivity contribution in [1.82, 2.24) is 0 Å². The number of phenols is 1. The second-order valence-corrected chi connectivity index (χ2v) is 4.22. The van der Waals surface area contributed by atoms with Crippen LogP contribution in [0.5, 0.6) is 5.75 Å². The standard InChI is InChI=1S/C12H13FO3/c13-12-8(2-1-3-10(12)14)9(6-11(15)16)7-4-5-7/h1-3,7,9,14H,4-6H2,(H,15,16)/t9-/m1/s1. The highest BCUT2D eigenvalue weighted by atomic mass is 19.1. The Morgan fingerprint density at radius 3 is 2.75 bits per heavy atom. The number of rotatable bonds is 4. The van der Waals surface area contributed by atoms with Crippen molar-refractivity contribution < 1.29 is 19.4 Å². The van der Waals surface area contributed by atoms with Crippen LogP contribution in [0.4, 0.5) is 4.39 Å². The van der Waals surface area contributed by atoms with Crippen LogP contribution in [0.2, 0.25) is 0 Å². The van der Waals surface area contributed by atoms with E-state index < -0.39 is 17.5 Å². The number of carboxylic acids is 1. The van der Waals surface area contributed by atoms with Gasteiger partial charge in [0.2, 0.25) is 0 Å². The van der Waals surface area contributed by atoms with Gasteiger partial charge in [0.15, 0.2) is 11.6 Å². The van der Waals surface area contributed by atoms with Gasteiger partial charge in [-0.05, 0) is 30.4 Å². The van der Waals surface area contributed by atoms with E-state index in [1.807, 2.05) is 0 Å². The van der Waals surface area contributed by atoms with E-state index in [0.717, 1.165) is 12.8 Å². The van der Waals surface area contributed by atoms with Gasteiger partial charge in [-0.3, -0.25) is 4.79 Å². The maximum atomic E-state index is 13.6. The summed E-state index contributed by atoms with van der Waals surface area (Å²) in [7, 11) is 0. The first-order valence-corrected chi connectivity index (χ1v) is 5.28. The summed E-state index contributed by atoms with van der Waals surface area (Å²) in [5, 5.41) is 18.1. The molecule has 0 spiro atoms. The fourth-order valence-corrected chi connectivity index (χ4v) is 2.04. The highest BCUT2D eigenvalue weighted by Gasteiger charge is 2.35. The predicted molar refractivity (Wildman–Crippen MR) is 55.8 cm³/mol. The summed E-state index contributed by atoms with van der Waals surface area (Å²) < 4.78 is 13.6. The second kappa shape index (κ2) is 4.12. The highest BCUT2D eigenvalue weighted by molar-refractivity contribution is 5.68. The molecule has 0 aromatic heterocycles. The van der Waals surface area contributed by atoms with E-state index in [-0.39, 0.29) is 18.3 Å². The number of halogens is 1. The van der Waals surface area contributed by atoms with E-state index in [9.17, 15) is 14.3 Å². The lowest BCUT2D eigenvalue weighted by Gasteiger charge is -2.15. The summed E-state index contributed by atoms with van der Waals surface area (Å²) in [6.45, 7) is 0. The Hall–Kier alpha value is -1.58. The first kappa shape index (κ1) is 10.9. The number of hydrogen-bond acceptors (Lipinski definition) is 2. The fraction of sp³-hybridized carbons (Fsp3) is 0.417. The zero-order chi connectivity index (χ0) is 11.7. The molecule has 1 aromatic rings. The number of carbonyl (C=O) groups is 1. The molecule has 0 saturated heterocycles. The Kier molecular flexibility index (Phi) is 2.81. The van der Waals surface area contributed by atoms with Crippen molar-refractivity contribution in [3.63, 3.8) is 0 Å². The molecule has 0 aliphatic heterocycles. The predicted octanol–water partition coefficient (Wildman–Crippen LogP) is 2.50. The number of phenolic OH excluding ortho intramolecular Hbond substituents is 1. The Morgan fingerprint density at radius 2 is 2.19 bits per heavy atom. The van der Waals surface area contributed by atoms with Crippen LogP contribution in [-0.2, 0) is 4.79 Å². The minimum Gasteiger partial charge on any atom is -0.505 e. The Bertz CT molecular complexity index is 413. The largest absolute Gasteiger partial charge is 0.505 e. The van der Waals surface area contributed by atoms with Crippen molar-refractivity contribution >= 4 is 5.97 Å². The summed E-state index contributed by atoms with van der Waals surface area (Å²) in [5.41, 5.74) is 0.324. The summed E-state index contributed by atoms with van der Waals surface area (Å²) >= 11 is 0. The van der Waals surface area contributed by atoms with E-state index in [2.05, 4.69) is 0 Å². The molecule has 0 radical (unpaired) electrons. The smallest absolute Gasteiger partial charge is 0.303 e. The quantitative estimate of drug-likeness (QED) is 0.826. The van der Waals surface area contributed by atoms with Crippen LogP contribution >= 0.6 is 0 Å². The molecule has 2 N–H and O–H groups in total. The normalized spacial score (nSPS) is 17.1. The van der Waals surface area contributed by atoms with Crippen LogP contribution in [-0.4, -0.2) is 16.2 Å². The third-order valence-electron chi connectivity index (χ3n) is 2.99. The SMILES string of the molecule is O=C(O)C[C@@H](c1cccc(O)c1F)C1CC1. The Labute approximate surface area is 92.5 Å². The lowest BCUT2D eigenvalue weighted by molar-refractivity contribution is -0.137. The molecule has 86 valence electrons. The monoisotopic (exact) mass is 224 g/mol. The van der Waals surface area contributed by atoms with Gasteiger partial charge in [-0.2, -0.15) is 0 Å². The molecule has 1 aromatic carbocycles. The molecule has 16 heavy (non-hydrogen) atoms. The Morgan fingerprint density at radius 1 is 1.50 bits per heavy atom. The van der Waals surface area contributed by atoms with Crippen molar-refractivity contribution in [1.29, 1.82) is 0 Å². The van der Waals surface area contributed by atoms with Gasteiger partial charge in [0.1, 0.15) is 0 Å². The number of hydrogen-bond donors (Lipinski definition) is 2. The second-order valence-electron chi connectivity index (χ2n) is 4.22. The van der Waals surface area contributed by atoms with Crippen LogP contribution in [0.25, 0.3) is 0 Å². The van der Waals surface area contributed by atoms with E-state index in [1.54, 1.807) is 12.1 Å². The first-order chi connectivity index (χ1) is 7.59. The average Bonchev–Trinajstić information content (AvgIpc) is 3.02. The third-order valence-corrected chi connectivity index (χ3v) is 2.99. The van der Waals surface area contributed by atoms with E-state index in [4.69, 9.17) is 5.11 Å². The summed E-state index contributed by atoms with van der Waals surface area (Å²) in [6, 6.07) is 4.37. The average molecular weight is 224 g/mol. The lowest BCUT2D eigenvalue weighted by atomic mass is 9.90. The van der Waals surface area contributed by atoms with Crippen molar-refractivity contribution in [3.05, 3.63) is 29.6 Å². The molecule has 3 nitrogen and oxygen atoms in total. The van der Waals surface area contributed by atoms with Crippen LogP contribution in [0.3, 0.4) is 0 Å². The van der Waals surface area contributed by atoms with Gasteiger partial charge in [0, 0.05) is 5.92 Å². The molecule has 0 heterocycles. The number of aliphatic carboxylic acids is 1. The van der Waals surface area contributed by atoms with Crippen molar-refractivity contribution in [2.45, 2.75) is 25.2 Å². The van der Waals surface area contributed by atoms with Gasteiger partial charge in [-0.25, -0.2) is 4.39 Å². The molecule has 1 fully saturated rings. The van der Waals surface area contributed by atoms with E-state index in [1.165, 1.54) is 6.07 Å². The molecular formula is C12H13FO3. The van der Waals surface area contributed by atoms with Crippen LogP contribution in [0.15, 0.2) is 18.2 Å². The summed E-state index contributed by atoms with van der Waals surface area (Å²) in [6.07, 6.45) is 1.80. The molecule has 2 rings (SSSR count). The van der Waals surface area contributed by atoms with E-state index >= 15 is 0 Å². The molecule has 0 bridgehead atoms. The number of benzene rings is 1. The van der Waals surface area contributed by atoms with Crippen LogP contribution in [0, 0.1) is 11.7 Å². The molecule has 4 heteroatoms. The molecule has 1 atom stereocenters. The lowest BCUT2D eigenvalue weighted by Crippen LogP contribution is -2.10. The van der Waals surface area contributed by atoms with Gasteiger partial charge in [-0.15, -0.1) is 0 Å². The molecular weight excluding hydrogens is 211 g/mol. The number of carboxylic acid groups (broad SMARTS) is 1. The van der Waals surface area contributed by atoms with Gasteiger partial charge in [0.25, 0.3) is 0 Å². The minimum absolute atomic E-state index is 0.0783. The van der Waals surface area contributed by atoms with Crippen LogP contribution in [0.1, 0.15) is 30.7 Å². The zero-order valence-electron chi connectivity index (χ0n) is 8.69. The van der Waals surface area contributed by atoms with Crippen molar-refractivity contribution in [3.8, 4) is 5.75 Å². The van der Waals surface area contributed by atoms with Crippen molar-refractivity contribution in [2.24, 2.45) is 5.92 Å².